The number of hydrogen-bond acceptors (Lipinski definition) is 2. The van der Waals surface area contributed by atoms with E-state index in [0.717, 1.165) is 5.56 Å². The predicted octanol–water partition coefficient (Wildman–Crippen LogP) is 4.23. The largest absolute Gasteiger partial charge is 0.306 e. The van der Waals surface area contributed by atoms with Crippen molar-refractivity contribution in [1.82, 2.24) is 10.3 Å². The van der Waals surface area contributed by atoms with Gasteiger partial charge in [0.15, 0.2) is 0 Å². The minimum atomic E-state index is -0.376. The lowest BCUT2D eigenvalue weighted by Crippen LogP contribution is -2.22. The second kappa shape index (κ2) is 6.33. The van der Waals surface area contributed by atoms with E-state index in [2.05, 4.69) is 10.3 Å². The Morgan fingerprint density at radius 3 is 2.79 bits per heavy atom. The molecule has 2 rings (SSSR count). The van der Waals surface area contributed by atoms with Gasteiger partial charge in [0.2, 0.25) is 0 Å². The highest BCUT2D eigenvalue weighted by molar-refractivity contribution is 6.42. The minimum Gasteiger partial charge on any atom is -0.306 e. The molecule has 0 saturated heterocycles. The molecule has 5 heteroatoms. The summed E-state index contributed by atoms with van der Waals surface area (Å²) < 4.78 is 13.3. The highest BCUT2D eigenvalue weighted by Gasteiger charge is 2.18. The van der Waals surface area contributed by atoms with Crippen molar-refractivity contribution in [3.63, 3.8) is 0 Å². The van der Waals surface area contributed by atoms with Crippen LogP contribution in [-0.2, 0) is 0 Å². The number of hydrogen-bond donors (Lipinski definition) is 1. The lowest BCUT2D eigenvalue weighted by atomic mass is 10.00. The molecule has 0 radical (unpaired) electrons. The molecule has 1 N–H and O–H groups in total. The summed E-state index contributed by atoms with van der Waals surface area (Å²) in [4.78, 5) is 3.87. The number of rotatable bonds is 4. The molecule has 2 nitrogen and oxygen atoms in total. The number of nitrogens with one attached hydrogen (secondary N) is 1. The molecule has 0 aliphatic carbocycles. The van der Waals surface area contributed by atoms with E-state index >= 15 is 0 Å². The van der Waals surface area contributed by atoms with E-state index in [-0.39, 0.29) is 11.9 Å². The van der Waals surface area contributed by atoms with Crippen LogP contribution < -0.4 is 5.32 Å². The van der Waals surface area contributed by atoms with Crippen LogP contribution in [0.15, 0.2) is 36.7 Å². The van der Waals surface area contributed by atoms with Crippen molar-refractivity contribution in [2.24, 2.45) is 0 Å². The molecule has 0 fully saturated rings. The van der Waals surface area contributed by atoms with Crippen LogP contribution in [0.3, 0.4) is 0 Å². The number of benzene rings is 1. The van der Waals surface area contributed by atoms with Crippen molar-refractivity contribution >= 4 is 23.2 Å². The second-order valence-electron chi connectivity index (χ2n) is 4.07. The summed E-state index contributed by atoms with van der Waals surface area (Å²) in [6, 6.07) is 6.62. The van der Waals surface area contributed by atoms with Gasteiger partial charge in [0, 0.05) is 6.20 Å². The fourth-order valence-electron chi connectivity index (χ4n) is 1.94. The van der Waals surface area contributed by atoms with Crippen LogP contribution in [0.4, 0.5) is 4.39 Å². The highest BCUT2D eigenvalue weighted by atomic mass is 35.5. The molecule has 1 atom stereocenters. The van der Waals surface area contributed by atoms with Gasteiger partial charge in [-0.3, -0.25) is 4.98 Å². The number of pyridine rings is 1. The van der Waals surface area contributed by atoms with Crippen LogP contribution in [0.5, 0.6) is 0 Å². The first kappa shape index (κ1) is 14.3. The highest BCUT2D eigenvalue weighted by Crippen LogP contribution is 2.33. The zero-order valence-corrected chi connectivity index (χ0v) is 11.8. The Hall–Kier alpha value is -1.16. The summed E-state index contributed by atoms with van der Waals surface area (Å²) in [5.41, 5.74) is 1.52. The Morgan fingerprint density at radius 1 is 1.32 bits per heavy atom. The van der Waals surface area contributed by atoms with E-state index < -0.39 is 0 Å². The Morgan fingerprint density at radius 2 is 2.11 bits per heavy atom. The summed E-state index contributed by atoms with van der Waals surface area (Å²) in [5.74, 6) is -0.376. The Labute approximate surface area is 121 Å². The van der Waals surface area contributed by atoms with Gasteiger partial charge in [-0.1, -0.05) is 42.3 Å². The first-order chi connectivity index (χ1) is 9.13. The summed E-state index contributed by atoms with van der Waals surface area (Å²) in [7, 11) is 0. The number of nitrogens with zero attached hydrogens (tertiary/aromatic N) is 1. The summed E-state index contributed by atoms with van der Waals surface area (Å²) in [6.45, 7) is 2.68. The molecule has 1 unspecified atom stereocenters. The Kier molecular flexibility index (Phi) is 4.75. The summed E-state index contributed by atoms with van der Waals surface area (Å²) in [5, 5.41) is 4.21. The molecule has 1 aromatic heterocycles. The van der Waals surface area contributed by atoms with Gasteiger partial charge in [0.05, 0.1) is 22.3 Å². The van der Waals surface area contributed by atoms with Crippen molar-refractivity contribution in [1.29, 1.82) is 0 Å². The normalized spacial score (nSPS) is 12.4. The Balaban J connectivity index is 2.48. The van der Waals surface area contributed by atoms with Crippen molar-refractivity contribution in [2.45, 2.75) is 13.0 Å². The first-order valence-corrected chi connectivity index (χ1v) is 6.66. The van der Waals surface area contributed by atoms with Crippen molar-refractivity contribution < 1.29 is 4.39 Å². The van der Waals surface area contributed by atoms with E-state index in [0.29, 0.717) is 22.2 Å². The maximum absolute atomic E-state index is 13.3. The third-order valence-corrected chi connectivity index (χ3v) is 3.59. The lowest BCUT2D eigenvalue weighted by Gasteiger charge is -2.20. The minimum absolute atomic E-state index is 0.237. The van der Waals surface area contributed by atoms with Crippen LogP contribution in [0.1, 0.15) is 24.1 Å². The molecule has 19 heavy (non-hydrogen) atoms. The molecule has 0 aliphatic heterocycles. The van der Waals surface area contributed by atoms with Gasteiger partial charge in [-0.05, 0) is 29.8 Å². The SMILES string of the molecule is CCNC(c1cncc(F)c1)c1cccc(Cl)c1Cl. The zero-order valence-electron chi connectivity index (χ0n) is 10.3. The van der Waals surface area contributed by atoms with Gasteiger partial charge in [-0.25, -0.2) is 4.39 Å². The summed E-state index contributed by atoms with van der Waals surface area (Å²) >= 11 is 12.3. The van der Waals surface area contributed by atoms with E-state index in [4.69, 9.17) is 23.2 Å². The molecule has 1 heterocycles. The molecule has 0 amide bonds. The van der Waals surface area contributed by atoms with Gasteiger partial charge in [-0.2, -0.15) is 0 Å². The van der Waals surface area contributed by atoms with E-state index in [1.165, 1.54) is 12.3 Å². The van der Waals surface area contributed by atoms with Crippen LogP contribution in [-0.4, -0.2) is 11.5 Å². The monoisotopic (exact) mass is 298 g/mol. The van der Waals surface area contributed by atoms with E-state index in [1.54, 1.807) is 12.3 Å². The molecular weight excluding hydrogens is 286 g/mol. The van der Waals surface area contributed by atoms with Crippen LogP contribution in [0.25, 0.3) is 0 Å². The van der Waals surface area contributed by atoms with Crippen LogP contribution in [0, 0.1) is 5.82 Å². The van der Waals surface area contributed by atoms with Crippen LogP contribution >= 0.6 is 23.2 Å². The summed E-state index contributed by atoms with van der Waals surface area (Å²) in [6.07, 6.45) is 2.79. The Bertz CT molecular complexity index is 575. The molecule has 1 aromatic carbocycles. The smallest absolute Gasteiger partial charge is 0.141 e. The van der Waals surface area contributed by atoms with Gasteiger partial charge in [0.1, 0.15) is 5.82 Å². The van der Waals surface area contributed by atoms with Gasteiger partial charge in [-0.15, -0.1) is 0 Å². The average Bonchev–Trinajstić information content (AvgIpc) is 2.40. The van der Waals surface area contributed by atoms with Crippen molar-refractivity contribution in [3.05, 3.63) is 63.6 Å². The van der Waals surface area contributed by atoms with Gasteiger partial charge < -0.3 is 5.32 Å². The lowest BCUT2D eigenvalue weighted by molar-refractivity contribution is 0.596. The van der Waals surface area contributed by atoms with Crippen molar-refractivity contribution in [3.8, 4) is 0 Å². The first-order valence-electron chi connectivity index (χ1n) is 5.91. The molecule has 0 spiro atoms. The fourth-order valence-corrected chi connectivity index (χ4v) is 2.36. The van der Waals surface area contributed by atoms with Gasteiger partial charge >= 0.3 is 0 Å². The third kappa shape index (κ3) is 3.24. The molecule has 2 aromatic rings. The fraction of sp³-hybridized carbons (Fsp3) is 0.214. The number of aromatic nitrogens is 1. The molecule has 0 saturated carbocycles. The molecule has 0 aliphatic rings. The topological polar surface area (TPSA) is 24.9 Å². The predicted molar refractivity (Wildman–Crippen MR) is 76.2 cm³/mol. The third-order valence-electron chi connectivity index (χ3n) is 2.76. The van der Waals surface area contributed by atoms with Crippen molar-refractivity contribution in [2.75, 3.05) is 6.54 Å². The second-order valence-corrected chi connectivity index (χ2v) is 4.86. The number of halogens is 3. The van der Waals surface area contributed by atoms with E-state index in [1.807, 2.05) is 19.1 Å². The standard InChI is InChI=1S/C14H13Cl2FN2/c1-2-19-14(9-6-10(17)8-18-7-9)11-4-3-5-12(15)13(11)16/h3-8,14,19H,2H2,1H3. The van der Waals surface area contributed by atoms with Gasteiger partial charge in [0.25, 0.3) is 0 Å². The maximum atomic E-state index is 13.3. The maximum Gasteiger partial charge on any atom is 0.141 e. The van der Waals surface area contributed by atoms with Crippen LogP contribution in [0.2, 0.25) is 10.0 Å². The van der Waals surface area contributed by atoms with E-state index in [9.17, 15) is 4.39 Å². The quantitative estimate of drug-likeness (QED) is 0.914. The molecular formula is C14H13Cl2FN2. The average molecular weight is 299 g/mol. The molecule has 0 bridgehead atoms. The zero-order chi connectivity index (χ0) is 13.8. The molecule has 100 valence electrons.